The summed E-state index contributed by atoms with van der Waals surface area (Å²) in [6.45, 7) is -0.237. The fourth-order valence-electron chi connectivity index (χ4n) is 4.18. The molecule has 0 unspecified atom stereocenters. The van der Waals surface area contributed by atoms with Crippen molar-refractivity contribution in [2.24, 2.45) is 0 Å². The van der Waals surface area contributed by atoms with Crippen LogP contribution in [0, 0.1) is 0 Å². The molecule has 0 aliphatic heterocycles. The van der Waals surface area contributed by atoms with Crippen molar-refractivity contribution in [3.05, 3.63) is 88.1 Å². The molecule has 0 fully saturated rings. The second-order valence-corrected chi connectivity index (χ2v) is 8.50. The molecular weight excluding hydrogens is 525 g/mol. The van der Waals surface area contributed by atoms with Gasteiger partial charge in [0, 0.05) is 17.4 Å². The second-order valence-electron chi connectivity index (χ2n) is 8.50. The summed E-state index contributed by atoms with van der Waals surface area (Å²) in [5.41, 5.74) is 5.89. The number of aromatic nitrogens is 1. The predicted molar refractivity (Wildman–Crippen MR) is 121 cm³/mol. The predicted octanol–water partition coefficient (Wildman–Crippen LogP) is 2.74. The Bertz CT molecular complexity index is 1370. The van der Waals surface area contributed by atoms with Gasteiger partial charge in [-0.3, -0.25) is 0 Å². The SMILES string of the molecule is Nc1cc(C(=O)[O-])cc(C2=C(c3cc(C(F)(F)F)cnc3OCc3ccc(C(F)(F)F)cc3)CCC2)c1.[Na+]. The molecule has 38 heavy (non-hydrogen) atoms. The van der Waals surface area contributed by atoms with Crippen molar-refractivity contribution < 1.29 is 70.5 Å². The van der Waals surface area contributed by atoms with E-state index in [0.717, 1.165) is 18.2 Å². The fraction of sp³-hybridized carbons (Fsp3) is 0.231. The van der Waals surface area contributed by atoms with Crippen LogP contribution in [0.2, 0.25) is 0 Å². The van der Waals surface area contributed by atoms with Crippen molar-refractivity contribution in [3.63, 3.8) is 0 Å². The van der Waals surface area contributed by atoms with Gasteiger partial charge in [-0.1, -0.05) is 12.1 Å². The minimum absolute atomic E-state index is 0. The molecule has 1 aliphatic carbocycles. The van der Waals surface area contributed by atoms with Gasteiger partial charge in [0.15, 0.2) is 0 Å². The van der Waals surface area contributed by atoms with Crippen LogP contribution in [0.25, 0.3) is 11.1 Å². The molecule has 194 valence electrons. The number of anilines is 1. The molecule has 0 spiro atoms. The number of nitrogens with zero attached hydrogens (tertiary/aromatic N) is 1. The number of nitrogen functional groups attached to an aromatic ring is 1. The first-order valence-corrected chi connectivity index (χ1v) is 11.0. The summed E-state index contributed by atoms with van der Waals surface area (Å²) in [4.78, 5) is 15.2. The fourth-order valence-corrected chi connectivity index (χ4v) is 4.18. The van der Waals surface area contributed by atoms with Gasteiger partial charge in [0.1, 0.15) is 6.61 Å². The Labute approximate surface area is 235 Å². The summed E-state index contributed by atoms with van der Waals surface area (Å²) in [7, 11) is 0. The molecule has 1 aromatic heterocycles. The number of halogens is 6. The normalized spacial score (nSPS) is 13.8. The van der Waals surface area contributed by atoms with Gasteiger partial charge >= 0.3 is 41.9 Å². The van der Waals surface area contributed by atoms with Crippen LogP contribution in [0.15, 0.2) is 54.7 Å². The van der Waals surface area contributed by atoms with Crippen molar-refractivity contribution in [1.82, 2.24) is 4.98 Å². The van der Waals surface area contributed by atoms with Crippen molar-refractivity contribution in [1.29, 1.82) is 0 Å². The Morgan fingerprint density at radius 3 is 2.16 bits per heavy atom. The Kier molecular flexibility index (Phi) is 8.85. The summed E-state index contributed by atoms with van der Waals surface area (Å²) in [6, 6.07) is 9.17. The number of carboxylic acid groups (broad SMARTS) is 1. The van der Waals surface area contributed by atoms with Crippen molar-refractivity contribution in [2.75, 3.05) is 5.73 Å². The van der Waals surface area contributed by atoms with E-state index >= 15 is 0 Å². The first kappa shape index (κ1) is 29.5. The number of nitrogens with two attached hydrogens (primary N) is 1. The van der Waals surface area contributed by atoms with Crippen LogP contribution in [-0.4, -0.2) is 11.0 Å². The van der Waals surface area contributed by atoms with E-state index in [4.69, 9.17) is 10.5 Å². The van der Waals surface area contributed by atoms with E-state index in [2.05, 4.69) is 4.98 Å². The van der Waals surface area contributed by atoms with Crippen LogP contribution < -0.4 is 45.1 Å². The minimum Gasteiger partial charge on any atom is -0.545 e. The summed E-state index contributed by atoms with van der Waals surface area (Å²) >= 11 is 0. The number of ether oxygens (including phenoxy) is 1. The largest absolute Gasteiger partial charge is 1.00 e. The zero-order valence-electron chi connectivity index (χ0n) is 20.0. The quantitative estimate of drug-likeness (QED) is 0.293. The Hall–Kier alpha value is -3.02. The molecule has 0 amide bonds. The molecule has 0 saturated heterocycles. The third-order valence-electron chi connectivity index (χ3n) is 5.92. The van der Waals surface area contributed by atoms with Crippen LogP contribution in [-0.2, 0) is 19.0 Å². The van der Waals surface area contributed by atoms with Gasteiger partial charge in [-0.05, 0) is 83.5 Å². The molecule has 4 rings (SSSR count). The second kappa shape index (κ2) is 11.4. The van der Waals surface area contributed by atoms with Crippen molar-refractivity contribution >= 4 is 22.8 Å². The minimum atomic E-state index is -4.69. The number of aromatic carboxylic acids is 1. The third kappa shape index (κ3) is 6.69. The van der Waals surface area contributed by atoms with Gasteiger partial charge in [0.2, 0.25) is 5.88 Å². The van der Waals surface area contributed by atoms with E-state index < -0.39 is 29.4 Å². The van der Waals surface area contributed by atoms with Gasteiger partial charge in [0.05, 0.1) is 17.1 Å². The topological polar surface area (TPSA) is 88.3 Å². The molecule has 2 aromatic carbocycles. The smallest absolute Gasteiger partial charge is 0.545 e. The van der Waals surface area contributed by atoms with E-state index in [1.807, 2.05) is 0 Å². The number of benzene rings is 2. The zero-order valence-corrected chi connectivity index (χ0v) is 22.0. The van der Waals surface area contributed by atoms with Gasteiger partial charge < -0.3 is 20.4 Å². The van der Waals surface area contributed by atoms with Crippen LogP contribution in [0.4, 0.5) is 32.0 Å². The number of hydrogen-bond acceptors (Lipinski definition) is 5. The average Bonchev–Trinajstić information content (AvgIpc) is 3.31. The maximum atomic E-state index is 13.5. The third-order valence-corrected chi connectivity index (χ3v) is 5.92. The molecule has 12 heteroatoms. The molecule has 3 aromatic rings. The van der Waals surface area contributed by atoms with E-state index in [1.54, 1.807) is 0 Å². The summed E-state index contributed by atoms with van der Waals surface area (Å²) in [5.74, 6) is -1.58. The van der Waals surface area contributed by atoms with Gasteiger partial charge in [-0.15, -0.1) is 0 Å². The van der Waals surface area contributed by atoms with Crippen LogP contribution in [0.5, 0.6) is 5.88 Å². The number of carbonyl (C=O) groups excluding carboxylic acids is 1. The zero-order chi connectivity index (χ0) is 27.0. The van der Waals surface area contributed by atoms with E-state index in [1.165, 1.54) is 30.3 Å². The summed E-state index contributed by atoms with van der Waals surface area (Å²) < 4.78 is 84.7. The van der Waals surface area contributed by atoms with Crippen molar-refractivity contribution in [3.8, 4) is 5.88 Å². The number of allylic oxidation sites excluding steroid dienone is 2. The number of rotatable bonds is 6. The Morgan fingerprint density at radius 2 is 1.55 bits per heavy atom. The number of carboxylic acids is 1. The van der Waals surface area contributed by atoms with Crippen LogP contribution in [0.3, 0.4) is 0 Å². The summed E-state index contributed by atoms with van der Waals surface area (Å²) in [6.07, 6.45) is -7.19. The molecule has 0 saturated carbocycles. The molecule has 0 atom stereocenters. The van der Waals surface area contributed by atoms with Crippen molar-refractivity contribution in [2.45, 2.75) is 38.2 Å². The van der Waals surface area contributed by atoms with Gasteiger partial charge in [0.25, 0.3) is 0 Å². The van der Waals surface area contributed by atoms with Crippen LogP contribution >= 0.6 is 0 Å². The maximum absolute atomic E-state index is 13.5. The number of carbonyl (C=O) groups is 1. The molecule has 2 N–H and O–H groups in total. The number of pyridine rings is 1. The summed E-state index contributed by atoms with van der Waals surface area (Å²) in [5, 5.41) is 11.4. The first-order chi connectivity index (χ1) is 17.3. The van der Waals surface area contributed by atoms with E-state index in [-0.39, 0.29) is 58.9 Å². The van der Waals surface area contributed by atoms with Crippen LogP contribution in [0.1, 0.15) is 57.4 Å². The first-order valence-electron chi connectivity index (χ1n) is 11.0. The number of alkyl halides is 6. The van der Waals surface area contributed by atoms with E-state index in [9.17, 15) is 36.2 Å². The Morgan fingerprint density at radius 1 is 0.921 bits per heavy atom. The number of hydrogen-bond donors (Lipinski definition) is 1. The molecule has 1 aliphatic rings. The van der Waals surface area contributed by atoms with Gasteiger partial charge in [-0.2, -0.15) is 26.3 Å². The molecular formula is C26H19F6N2NaO3. The Balaban J connectivity index is 0.00000400. The van der Waals surface area contributed by atoms with Gasteiger partial charge in [-0.25, -0.2) is 4.98 Å². The molecule has 1 heterocycles. The average molecular weight is 544 g/mol. The molecule has 0 bridgehead atoms. The maximum Gasteiger partial charge on any atom is 1.00 e. The molecule has 0 radical (unpaired) electrons. The monoisotopic (exact) mass is 544 g/mol. The standard InChI is InChI=1S/C26H20F6N2O3.Na/c27-25(28,29)17-6-4-14(5-7-17)13-37-23-22(11-18(12-34-23)26(30,31)32)21-3-1-2-20(21)15-8-16(24(35)36)10-19(33)9-15;/h4-12H,1-3,13,33H2,(H,35,36);/q;+1/p-1. The molecule has 5 nitrogen and oxygen atoms in total. The van der Waals surface area contributed by atoms with E-state index in [0.29, 0.717) is 47.7 Å².